The molecule has 2 rings (SSSR count). The topological polar surface area (TPSA) is 46.8 Å². The number of ether oxygens (including phenoxy) is 1. The number of methoxy groups -OCH3 is 1. The smallest absolute Gasteiger partial charge is 0.101 e. The van der Waals surface area contributed by atoms with Crippen molar-refractivity contribution in [3.8, 4) is 0 Å². The van der Waals surface area contributed by atoms with E-state index in [2.05, 4.69) is 5.16 Å². The van der Waals surface area contributed by atoms with Crippen molar-refractivity contribution in [2.24, 2.45) is 12.2 Å². The molecular weight excluding hydrogens is 228 g/mol. The summed E-state index contributed by atoms with van der Waals surface area (Å²) in [4.78, 5) is 0. The van der Waals surface area contributed by atoms with Gasteiger partial charge in [0.15, 0.2) is 0 Å². The lowest BCUT2D eigenvalue weighted by Crippen LogP contribution is -2.04. The van der Waals surface area contributed by atoms with Gasteiger partial charge in [0.2, 0.25) is 0 Å². The second kappa shape index (κ2) is 4.96. The van der Waals surface area contributed by atoms with Crippen LogP contribution in [-0.2, 0) is 11.8 Å². The van der Waals surface area contributed by atoms with Crippen LogP contribution >= 0.6 is 0 Å². The molecule has 18 heavy (non-hydrogen) atoms. The number of fused-ring (bicyclic) bond motifs is 1. The number of hydrogen-bond donors (Lipinski definition) is 1. The van der Waals surface area contributed by atoms with Crippen LogP contribution in [0.5, 0.6) is 0 Å². The molecule has 0 fully saturated rings. The van der Waals surface area contributed by atoms with E-state index in [9.17, 15) is 0 Å². The zero-order valence-electron chi connectivity index (χ0n) is 10.7. The van der Waals surface area contributed by atoms with E-state index in [1.165, 1.54) is 0 Å². The van der Waals surface area contributed by atoms with Gasteiger partial charge < -0.3 is 14.5 Å². The molecule has 0 saturated heterocycles. The summed E-state index contributed by atoms with van der Waals surface area (Å²) >= 11 is 0. The van der Waals surface area contributed by atoms with E-state index in [0.717, 1.165) is 22.2 Å². The molecule has 0 atom stereocenters. The summed E-state index contributed by atoms with van der Waals surface area (Å²) < 4.78 is 6.99. The van der Waals surface area contributed by atoms with Crippen LogP contribution in [0.4, 0.5) is 0 Å². The fourth-order valence-electron chi connectivity index (χ4n) is 2.21. The lowest BCUT2D eigenvalue weighted by atomic mass is 10.1. The zero-order valence-corrected chi connectivity index (χ0v) is 10.7. The minimum atomic E-state index is 0.574. The molecule has 1 heterocycles. The summed E-state index contributed by atoms with van der Waals surface area (Å²) in [5, 5.41) is 13.4. The highest BCUT2D eigenvalue weighted by Gasteiger charge is 2.15. The second-order valence-electron chi connectivity index (χ2n) is 4.06. The van der Waals surface area contributed by atoms with Gasteiger partial charge in [-0.2, -0.15) is 0 Å². The fourth-order valence-corrected chi connectivity index (χ4v) is 2.21. The largest absolute Gasteiger partial charge is 0.504 e. The third-order valence-corrected chi connectivity index (χ3v) is 3.01. The average molecular weight is 244 g/mol. The number of nitrogens with zero attached hydrogens (tertiary/aromatic N) is 2. The van der Waals surface area contributed by atoms with Crippen molar-refractivity contribution in [1.29, 1.82) is 0 Å². The summed E-state index contributed by atoms with van der Waals surface area (Å²) in [7, 11) is 3.56. The quantitative estimate of drug-likeness (QED) is 0.390. The molecular formula is C14H16N2O2. The van der Waals surface area contributed by atoms with Crippen LogP contribution in [0.1, 0.15) is 18.2 Å². The Balaban J connectivity index is 2.81. The van der Waals surface area contributed by atoms with E-state index in [0.29, 0.717) is 5.71 Å². The van der Waals surface area contributed by atoms with E-state index in [1.54, 1.807) is 20.3 Å². The maximum absolute atomic E-state index is 9.01. The number of rotatable bonds is 3. The Bertz CT molecular complexity index is 624. The molecule has 0 saturated carbocycles. The summed E-state index contributed by atoms with van der Waals surface area (Å²) in [6.07, 6.45) is 3.50. The van der Waals surface area contributed by atoms with Gasteiger partial charge in [-0.05, 0) is 19.1 Å². The number of para-hydroxylation sites is 1. The maximum Gasteiger partial charge on any atom is 0.101 e. The van der Waals surface area contributed by atoms with E-state index in [-0.39, 0.29) is 0 Å². The van der Waals surface area contributed by atoms with E-state index < -0.39 is 0 Å². The molecule has 0 spiro atoms. The van der Waals surface area contributed by atoms with E-state index in [1.807, 2.05) is 42.0 Å². The van der Waals surface area contributed by atoms with Crippen molar-refractivity contribution in [3.05, 3.63) is 41.8 Å². The van der Waals surface area contributed by atoms with Crippen LogP contribution in [0.3, 0.4) is 0 Å². The third kappa shape index (κ3) is 1.86. The zero-order chi connectivity index (χ0) is 13.1. The molecule has 0 aliphatic heterocycles. The number of aryl methyl sites for hydroxylation is 1. The highest BCUT2D eigenvalue weighted by Crippen LogP contribution is 2.27. The standard InChI is InChI=1S/C14H16N2O2/c1-10(15-17)14-12(8-9-18-3)11-6-4-5-7-13(11)16(14)2/h4-9,17H,1-3H3/b9-8+,15-10+. The number of benzene rings is 1. The Morgan fingerprint density at radius 3 is 2.78 bits per heavy atom. The molecule has 0 bridgehead atoms. The predicted octanol–water partition coefficient (Wildman–Crippen LogP) is 2.99. The van der Waals surface area contributed by atoms with Crippen molar-refractivity contribution in [3.63, 3.8) is 0 Å². The second-order valence-corrected chi connectivity index (χ2v) is 4.06. The van der Waals surface area contributed by atoms with Gasteiger partial charge in [-0.3, -0.25) is 0 Å². The predicted molar refractivity (Wildman–Crippen MR) is 73.0 cm³/mol. The Labute approximate surface area is 106 Å². The van der Waals surface area contributed by atoms with Crippen molar-refractivity contribution in [2.45, 2.75) is 6.92 Å². The van der Waals surface area contributed by atoms with Crippen LogP contribution in [0, 0.1) is 0 Å². The molecule has 1 aromatic carbocycles. The molecule has 0 radical (unpaired) electrons. The molecule has 0 unspecified atom stereocenters. The van der Waals surface area contributed by atoms with E-state index >= 15 is 0 Å². The number of aromatic nitrogens is 1. The first-order valence-corrected chi connectivity index (χ1v) is 5.66. The lowest BCUT2D eigenvalue weighted by Gasteiger charge is -2.03. The Hall–Kier alpha value is -2.23. The fraction of sp³-hybridized carbons (Fsp3) is 0.214. The van der Waals surface area contributed by atoms with Crippen LogP contribution in [0.2, 0.25) is 0 Å². The minimum Gasteiger partial charge on any atom is -0.504 e. The molecule has 0 amide bonds. The summed E-state index contributed by atoms with van der Waals surface area (Å²) in [5.41, 5.74) is 3.54. The van der Waals surface area contributed by atoms with Gasteiger partial charge >= 0.3 is 0 Å². The third-order valence-electron chi connectivity index (χ3n) is 3.01. The van der Waals surface area contributed by atoms with Gasteiger partial charge in [-0.15, -0.1) is 0 Å². The molecule has 1 N–H and O–H groups in total. The molecule has 4 heteroatoms. The van der Waals surface area contributed by atoms with Gasteiger partial charge in [-0.25, -0.2) is 0 Å². The highest BCUT2D eigenvalue weighted by molar-refractivity contribution is 6.07. The number of oxime groups is 1. The monoisotopic (exact) mass is 244 g/mol. The molecule has 0 aliphatic carbocycles. The molecule has 1 aromatic heterocycles. The average Bonchev–Trinajstić information content (AvgIpc) is 2.69. The summed E-state index contributed by atoms with van der Waals surface area (Å²) in [6.45, 7) is 1.78. The molecule has 94 valence electrons. The molecule has 4 nitrogen and oxygen atoms in total. The van der Waals surface area contributed by atoms with Gasteiger partial charge in [0.25, 0.3) is 0 Å². The van der Waals surface area contributed by atoms with Crippen molar-refractivity contribution in [2.75, 3.05) is 7.11 Å². The van der Waals surface area contributed by atoms with Gasteiger partial charge in [-0.1, -0.05) is 23.4 Å². The van der Waals surface area contributed by atoms with Crippen LogP contribution < -0.4 is 0 Å². The van der Waals surface area contributed by atoms with Gasteiger partial charge in [0.05, 0.1) is 19.1 Å². The first-order chi connectivity index (χ1) is 8.70. The molecule has 2 aromatic rings. The van der Waals surface area contributed by atoms with Crippen molar-refractivity contribution >= 4 is 22.7 Å². The summed E-state index contributed by atoms with van der Waals surface area (Å²) in [5.74, 6) is 0. The van der Waals surface area contributed by atoms with Crippen molar-refractivity contribution in [1.82, 2.24) is 4.57 Å². The Morgan fingerprint density at radius 2 is 2.11 bits per heavy atom. The first-order valence-electron chi connectivity index (χ1n) is 5.66. The Kier molecular flexibility index (Phi) is 3.37. The normalized spacial score (nSPS) is 12.5. The summed E-state index contributed by atoms with van der Waals surface area (Å²) in [6, 6.07) is 8.05. The highest BCUT2D eigenvalue weighted by atomic mass is 16.5. The minimum absolute atomic E-state index is 0.574. The molecule has 0 aliphatic rings. The van der Waals surface area contributed by atoms with Gasteiger partial charge in [0, 0.05) is 23.5 Å². The van der Waals surface area contributed by atoms with Crippen LogP contribution in [0.25, 0.3) is 17.0 Å². The van der Waals surface area contributed by atoms with Crippen LogP contribution in [-0.4, -0.2) is 22.6 Å². The SMILES string of the molecule is CO/C=C/c1c(/C(C)=N/O)n(C)c2ccccc12. The van der Waals surface area contributed by atoms with E-state index in [4.69, 9.17) is 9.94 Å². The first kappa shape index (κ1) is 12.2. The van der Waals surface area contributed by atoms with Crippen molar-refractivity contribution < 1.29 is 9.94 Å². The number of hydrogen-bond acceptors (Lipinski definition) is 3. The Morgan fingerprint density at radius 1 is 1.39 bits per heavy atom. The lowest BCUT2D eigenvalue weighted by molar-refractivity contribution is 0.318. The van der Waals surface area contributed by atoms with Crippen LogP contribution in [0.15, 0.2) is 35.7 Å². The van der Waals surface area contributed by atoms with Gasteiger partial charge in [0.1, 0.15) is 5.71 Å². The maximum atomic E-state index is 9.01.